The van der Waals surface area contributed by atoms with Crippen LogP contribution in [0.1, 0.15) is 19.4 Å². The van der Waals surface area contributed by atoms with Crippen molar-refractivity contribution in [3.05, 3.63) is 33.4 Å². The number of aliphatic carboxylic acids is 1. The van der Waals surface area contributed by atoms with Gasteiger partial charge < -0.3 is 10.8 Å². The van der Waals surface area contributed by atoms with Crippen molar-refractivity contribution in [2.75, 3.05) is 0 Å². The van der Waals surface area contributed by atoms with Gasteiger partial charge in [-0.2, -0.15) is 0 Å². The third kappa shape index (κ3) is 4.48. The highest BCUT2D eigenvalue weighted by atomic mass is 127. The quantitative estimate of drug-likeness (QED) is 0.788. The topological polar surface area (TPSA) is 63.3 Å². The highest BCUT2D eigenvalue weighted by molar-refractivity contribution is 14.1. The van der Waals surface area contributed by atoms with E-state index in [-0.39, 0.29) is 0 Å². The minimum absolute atomic E-state index is 0.477. The number of nitrogens with two attached hydrogens (primary N) is 1. The minimum atomic E-state index is -0.954. The fourth-order valence-corrected chi connectivity index (χ4v) is 2.61. The Morgan fingerprint density at radius 2 is 2.00 bits per heavy atom. The second kappa shape index (κ2) is 6.06. The molecule has 1 aromatic carbocycles. The molecule has 0 bridgehead atoms. The molecule has 0 unspecified atom stereocenters. The zero-order valence-electron chi connectivity index (χ0n) is 9.81. The van der Waals surface area contributed by atoms with Gasteiger partial charge in [0.1, 0.15) is 6.04 Å². The van der Waals surface area contributed by atoms with Gasteiger partial charge >= 0.3 is 5.97 Å². The van der Waals surface area contributed by atoms with Crippen LogP contribution in [0.4, 0.5) is 0 Å². The molecule has 0 aromatic heterocycles. The summed E-state index contributed by atoms with van der Waals surface area (Å²) in [6, 6.07) is 7.34. The first-order chi connectivity index (χ1) is 7.83. The molecule has 94 valence electrons. The average molecular weight is 365 g/mol. The van der Waals surface area contributed by atoms with E-state index in [4.69, 9.17) is 10.8 Å². The van der Waals surface area contributed by atoms with Crippen LogP contribution in [0, 0.1) is 3.57 Å². The molecule has 1 atom stereocenters. The smallest absolute Gasteiger partial charge is 0.321 e. The molecule has 3 nitrogen and oxygen atoms in total. The number of carbonyl (C=O) groups is 1. The van der Waals surface area contributed by atoms with E-state index >= 15 is 0 Å². The number of halogens is 1. The van der Waals surface area contributed by atoms with Gasteiger partial charge in [0.25, 0.3) is 0 Å². The Bertz CT molecular complexity index is 392. The van der Waals surface area contributed by atoms with Crippen molar-refractivity contribution < 1.29 is 9.90 Å². The van der Waals surface area contributed by atoms with E-state index < -0.39 is 16.8 Å². The molecule has 0 heterocycles. The van der Waals surface area contributed by atoms with Gasteiger partial charge in [-0.1, -0.05) is 12.1 Å². The SMILES string of the molecule is CC(C)(SCc1ccc(I)cc1)[C@@H](N)C(=O)O. The number of hydrogen-bond donors (Lipinski definition) is 2. The molecule has 0 radical (unpaired) electrons. The van der Waals surface area contributed by atoms with E-state index in [1.165, 1.54) is 9.13 Å². The van der Waals surface area contributed by atoms with Crippen LogP contribution in [-0.2, 0) is 10.5 Å². The Hall–Kier alpha value is -0.270. The third-order valence-corrected chi connectivity index (χ3v) is 4.73. The number of thioether (sulfide) groups is 1. The van der Waals surface area contributed by atoms with E-state index in [2.05, 4.69) is 34.7 Å². The van der Waals surface area contributed by atoms with Crippen molar-refractivity contribution in [1.82, 2.24) is 0 Å². The molecule has 0 aliphatic rings. The molecule has 0 aliphatic heterocycles. The molecule has 1 aromatic rings. The van der Waals surface area contributed by atoms with Crippen LogP contribution in [0.15, 0.2) is 24.3 Å². The van der Waals surface area contributed by atoms with Crippen molar-refractivity contribution in [2.45, 2.75) is 30.4 Å². The van der Waals surface area contributed by atoms with Crippen LogP contribution < -0.4 is 5.73 Å². The number of rotatable bonds is 5. The lowest BCUT2D eigenvalue weighted by molar-refractivity contribution is -0.139. The highest BCUT2D eigenvalue weighted by Gasteiger charge is 2.32. The molecule has 0 aliphatic carbocycles. The Morgan fingerprint density at radius 3 is 2.47 bits per heavy atom. The van der Waals surface area contributed by atoms with Crippen LogP contribution in [0.25, 0.3) is 0 Å². The maximum atomic E-state index is 10.9. The maximum absolute atomic E-state index is 10.9. The van der Waals surface area contributed by atoms with Crippen molar-refractivity contribution in [1.29, 1.82) is 0 Å². The van der Waals surface area contributed by atoms with Crippen LogP contribution in [0.2, 0.25) is 0 Å². The van der Waals surface area contributed by atoms with Gasteiger partial charge in [-0.3, -0.25) is 4.79 Å². The third-order valence-electron chi connectivity index (χ3n) is 2.54. The van der Waals surface area contributed by atoms with Gasteiger partial charge in [-0.15, -0.1) is 11.8 Å². The standard InChI is InChI=1S/C12H16INO2S/c1-12(2,10(14)11(15)16)17-7-8-3-5-9(13)6-4-8/h3-6,10H,7,14H2,1-2H3,(H,15,16)/t10-/m0/s1. The van der Waals surface area contributed by atoms with E-state index in [1.807, 2.05) is 26.0 Å². The summed E-state index contributed by atoms with van der Waals surface area (Å²) in [5, 5.41) is 8.91. The summed E-state index contributed by atoms with van der Waals surface area (Å²) in [4.78, 5) is 10.9. The van der Waals surface area contributed by atoms with E-state index in [1.54, 1.807) is 11.8 Å². The molecule has 0 amide bonds. The normalized spacial score (nSPS) is 13.4. The zero-order chi connectivity index (χ0) is 13.1. The fourth-order valence-electron chi connectivity index (χ4n) is 1.24. The first kappa shape index (κ1) is 14.8. The van der Waals surface area contributed by atoms with Gasteiger partial charge in [0.2, 0.25) is 0 Å². The highest BCUT2D eigenvalue weighted by Crippen LogP contribution is 2.30. The van der Waals surface area contributed by atoms with E-state index in [9.17, 15) is 4.79 Å². The lowest BCUT2D eigenvalue weighted by Crippen LogP contribution is -2.46. The number of carboxylic acids is 1. The maximum Gasteiger partial charge on any atom is 0.321 e. The van der Waals surface area contributed by atoms with E-state index in [0.717, 1.165) is 5.75 Å². The predicted molar refractivity (Wildman–Crippen MR) is 80.1 cm³/mol. The summed E-state index contributed by atoms with van der Waals surface area (Å²) < 4.78 is 0.715. The summed E-state index contributed by atoms with van der Waals surface area (Å²) in [5.41, 5.74) is 6.84. The van der Waals surface area contributed by atoms with Crippen LogP contribution in [-0.4, -0.2) is 21.9 Å². The van der Waals surface area contributed by atoms with Crippen molar-refractivity contribution in [3.8, 4) is 0 Å². The van der Waals surface area contributed by atoms with Crippen molar-refractivity contribution in [3.63, 3.8) is 0 Å². The summed E-state index contributed by atoms with van der Waals surface area (Å²) in [6.45, 7) is 3.73. The average Bonchev–Trinajstić information content (AvgIpc) is 2.27. The number of benzene rings is 1. The van der Waals surface area contributed by atoms with Crippen LogP contribution >= 0.6 is 34.4 Å². The molecule has 0 saturated heterocycles. The molecule has 1 rings (SSSR count). The molecule has 17 heavy (non-hydrogen) atoms. The molecule has 3 N–H and O–H groups in total. The van der Waals surface area contributed by atoms with Gasteiger partial charge in [-0.25, -0.2) is 0 Å². The fraction of sp³-hybridized carbons (Fsp3) is 0.417. The summed E-state index contributed by atoms with van der Waals surface area (Å²) in [6.07, 6.45) is 0. The van der Waals surface area contributed by atoms with Crippen molar-refractivity contribution >= 4 is 40.3 Å². The summed E-state index contributed by atoms with van der Waals surface area (Å²) in [5.74, 6) is -0.185. The second-order valence-corrected chi connectivity index (χ2v) is 7.21. The number of carboxylic acid groups (broad SMARTS) is 1. The van der Waals surface area contributed by atoms with E-state index in [0.29, 0.717) is 0 Å². The zero-order valence-corrected chi connectivity index (χ0v) is 12.8. The first-order valence-corrected chi connectivity index (χ1v) is 7.26. The van der Waals surface area contributed by atoms with Crippen LogP contribution in [0.3, 0.4) is 0 Å². The van der Waals surface area contributed by atoms with Crippen LogP contribution in [0.5, 0.6) is 0 Å². The first-order valence-electron chi connectivity index (χ1n) is 5.20. The summed E-state index contributed by atoms with van der Waals surface area (Å²) in [7, 11) is 0. The minimum Gasteiger partial charge on any atom is -0.480 e. The molecule has 0 saturated carbocycles. The van der Waals surface area contributed by atoms with Gasteiger partial charge in [0.15, 0.2) is 0 Å². The van der Waals surface area contributed by atoms with Gasteiger partial charge in [0, 0.05) is 14.1 Å². The molecular formula is C12H16INO2S. The van der Waals surface area contributed by atoms with Crippen molar-refractivity contribution in [2.24, 2.45) is 5.73 Å². The number of hydrogen-bond acceptors (Lipinski definition) is 3. The van der Waals surface area contributed by atoms with Gasteiger partial charge in [0.05, 0.1) is 0 Å². The Kier molecular flexibility index (Phi) is 5.27. The molecular weight excluding hydrogens is 349 g/mol. The van der Waals surface area contributed by atoms with Gasteiger partial charge in [-0.05, 0) is 54.1 Å². The second-order valence-electron chi connectivity index (χ2n) is 4.33. The summed E-state index contributed by atoms with van der Waals surface area (Å²) >= 11 is 3.82. The lowest BCUT2D eigenvalue weighted by atomic mass is 10.1. The lowest BCUT2D eigenvalue weighted by Gasteiger charge is -2.28. The monoisotopic (exact) mass is 365 g/mol. The Balaban J connectivity index is 2.60. The predicted octanol–water partition coefficient (Wildman–Crippen LogP) is 2.71. The Labute approximate surface area is 119 Å². The molecule has 5 heteroatoms. The largest absolute Gasteiger partial charge is 0.480 e. The Morgan fingerprint density at radius 1 is 1.47 bits per heavy atom. The molecule has 0 fully saturated rings. The molecule has 0 spiro atoms.